The summed E-state index contributed by atoms with van der Waals surface area (Å²) in [5, 5.41) is 0. The van der Waals surface area contributed by atoms with E-state index in [4.69, 9.17) is 5.73 Å². The number of benzene rings is 1. The molecule has 2 nitrogen and oxygen atoms in total. The van der Waals surface area contributed by atoms with Gasteiger partial charge in [-0.1, -0.05) is 19.4 Å². The zero-order valence-electron chi connectivity index (χ0n) is 12.0. The molecule has 1 saturated heterocycles. The molecule has 2 rings (SSSR count). The highest BCUT2D eigenvalue weighted by Crippen LogP contribution is 2.36. The molecule has 0 spiro atoms. The van der Waals surface area contributed by atoms with E-state index in [2.05, 4.69) is 11.8 Å². The molecule has 0 bridgehead atoms. The second-order valence-electron chi connectivity index (χ2n) is 5.57. The van der Waals surface area contributed by atoms with Crippen molar-refractivity contribution in [2.45, 2.75) is 39.2 Å². The molecule has 0 radical (unpaired) electrons. The summed E-state index contributed by atoms with van der Waals surface area (Å²) in [7, 11) is 0. The topological polar surface area (TPSA) is 29.3 Å². The van der Waals surface area contributed by atoms with Gasteiger partial charge in [0, 0.05) is 6.04 Å². The average molecular weight is 264 g/mol. The van der Waals surface area contributed by atoms with Crippen molar-refractivity contribution in [3.63, 3.8) is 0 Å². The Balaban J connectivity index is 2.39. The lowest BCUT2D eigenvalue weighted by Gasteiger charge is -2.35. The summed E-state index contributed by atoms with van der Waals surface area (Å²) in [6.45, 7) is 7.06. The van der Waals surface area contributed by atoms with Crippen LogP contribution in [0.3, 0.4) is 0 Å². The van der Waals surface area contributed by atoms with Crippen LogP contribution in [-0.2, 0) is 0 Å². The van der Waals surface area contributed by atoms with Gasteiger partial charge in [0.15, 0.2) is 0 Å². The summed E-state index contributed by atoms with van der Waals surface area (Å²) >= 11 is 0. The van der Waals surface area contributed by atoms with E-state index in [0.29, 0.717) is 18.5 Å². The highest BCUT2D eigenvalue weighted by atomic mass is 19.1. The monoisotopic (exact) mass is 264 g/mol. The normalized spacial score (nSPS) is 25.3. The molecule has 1 aromatic carbocycles. The van der Waals surface area contributed by atoms with E-state index in [-0.39, 0.29) is 5.82 Å². The van der Waals surface area contributed by atoms with E-state index in [0.717, 1.165) is 18.7 Å². The molecule has 1 aromatic rings. The molecular weight excluding hydrogens is 239 g/mol. The largest absolute Gasteiger partial charge is 0.330 e. The standard InChI is InChI=1S/C16H25FN2/c1-3-19-9-5-4-6-13(11-18)16(19)15-8-7-14(17)10-12(15)2/h7-8,10,13,16H,3-6,9,11,18H2,1-2H3. The van der Waals surface area contributed by atoms with E-state index >= 15 is 0 Å². The first kappa shape index (κ1) is 14.5. The van der Waals surface area contributed by atoms with Crippen LogP contribution >= 0.6 is 0 Å². The number of nitrogens with zero attached hydrogens (tertiary/aromatic N) is 1. The van der Waals surface area contributed by atoms with E-state index in [1.165, 1.54) is 24.8 Å². The first-order valence-corrected chi connectivity index (χ1v) is 7.37. The van der Waals surface area contributed by atoms with Crippen LogP contribution in [-0.4, -0.2) is 24.5 Å². The lowest BCUT2D eigenvalue weighted by molar-refractivity contribution is 0.166. The third kappa shape index (κ3) is 3.15. The molecule has 0 saturated carbocycles. The van der Waals surface area contributed by atoms with Crippen molar-refractivity contribution in [2.75, 3.05) is 19.6 Å². The molecule has 1 aliphatic heterocycles. The summed E-state index contributed by atoms with van der Waals surface area (Å²) in [6, 6.07) is 5.51. The zero-order valence-corrected chi connectivity index (χ0v) is 12.0. The lowest BCUT2D eigenvalue weighted by atomic mass is 9.87. The number of likely N-dealkylation sites (tertiary alicyclic amines) is 1. The van der Waals surface area contributed by atoms with Gasteiger partial charge >= 0.3 is 0 Å². The van der Waals surface area contributed by atoms with Gasteiger partial charge in [0.2, 0.25) is 0 Å². The third-order valence-electron chi connectivity index (χ3n) is 4.37. The Morgan fingerprint density at radius 3 is 2.79 bits per heavy atom. The lowest BCUT2D eigenvalue weighted by Crippen LogP contribution is -2.36. The first-order chi connectivity index (χ1) is 9.17. The first-order valence-electron chi connectivity index (χ1n) is 7.37. The van der Waals surface area contributed by atoms with E-state index in [1.54, 1.807) is 12.1 Å². The van der Waals surface area contributed by atoms with Crippen molar-refractivity contribution < 1.29 is 4.39 Å². The average Bonchev–Trinajstić information content (AvgIpc) is 2.60. The molecule has 0 aliphatic carbocycles. The van der Waals surface area contributed by atoms with Crippen LogP contribution in [0.2, 0.25) is 0 Å². The van der Waals surface area contributed by atoms with E-state index in [1.807, 2.05) is 13.0 Å². The molecule has 106 valence electrons. The summed E-state index contributed by atoms with van der Waals surface area (Å²) in [4.78, 5) is 2.50. The number of halogens is 1. The molecular formula is C16H25FN2. The van der Waals surface area contributed by atoms with Crippen molar-refractivity contribution >= 4 is 0 Å². The minimum Gasteiger partial charge on any atom is -0.330 e. The minimum atomic E-state index is -0.151. The minimum absolute atomic E-state index is 0.151. The number of hydrogen-bond acceptors (Lipinski definition) is 2. The fourth-order valence-electron chi connectivity index (χ4n) is 3.34. The van der Waals surface area contributed by atoms with Crippen molar-refractivity contribution in [1.29, 1.82) is 0 Å². The van der Waals surface area contributed by atoms with Crippen molar-refractivity contribution in [3.8, 4) is 0 Å². The molecule has 2 unspecified atom stereocenters. The fraction of sp³-hybridized carbons (Fsp3) is 0.625. The van der Waals surface area contributed by atoms with Crippen LogP contribution in [0, 0.1) is 18.7 Å². The Bertz CT molecular complexity index is 405. The van der Waals surface area contributed by atoms with Crippen LogP contribution in [0.1, 0.15) is 43.4 Å². The van der Waals surface area contributed by atoms with Crippen LogP contribution < -0.4 is 5.73 Å². The molecule has 1 heterocycles. The molecule has 0 aromatic heterocycles. The molecule has 2 atom stereocenters. The fourth-order valence-corrected chi connectivity index (χ4v) is 3.34. The SMILES string of the molecule is CCN1CCCCC(CN)C1c1ccc(F)cc1C. The predicted octanol–water partition coefficient (Wildman–Crippen LogP) is 3.26. The molecule has 1 fully saturated rings. The van der Waals surface area contributed by atoms with Crippen molar-refractivity contribution in [2.24, 2.45) is 11.7 Å². The number of nitrogens with two attached hydrogens (primary N) is 1. The van der Waals surface area contributed by atoms with Gasteiger partial charge in [-0.15, -0.1) is 0 Å². The Labute approximate surface area is 115 Å². The highest BCUT2D eigenvalue weighted by molar-refractivity contribution is 5.30. The molecule has 0 amide bonds. The van der Waals surface area contributed by atoms with Gasteiger partial charge in [-0.3, -0.25) is 4.90 Å². The van der Waals surface area contributed by atoms with Crippen molar-refractivity contribution in [1.82, 2.24) is 4.90 Å². The Morgan fingerprint density at radius 1 is 1.37 bits per heavy atom. The number of hydrogen-bond donors (Lipinski definition) is 1. The predicted molar refractivity (Wildman–Crippen MR) is 77.5 cm³/mol. The molecule has 1 aliphatic rings. The van der Waals surface area contributed by atoms with Gasteiger partial charge in [0.05, 0.1) is 0 Å². The van der Waals surface area contributed by atoms with E-state index in [9.17, 15) is 4.39 Å². The van der Waals surface area contributed by atoms with Crippen LogP contribution in [0.15, 0.2) is 18.2 Å². The van der Waals surface area contributed by atoms with Gasteiger partial charge in [-0.05, 0) is 68.6 Å². The van der Waals surface area contributed by atoms with Crippen molar-refractivity contribution in [3.05, 3.63) is 35.1 Å². The summed E-state index contributed by atoms with van der Waals surface area (Å²) in [6.07, 6.45) is 3.66. The molecule has 19 heavy (non-hydrogen) atoms. The van der Waals surface area contributed by atoms with Gasteiger partial charge in [0.1, 0.15) is 5.82 Å². The Morgan fingerprint density at radius 2 is 2.16 bits per heavy atom. The zero-order chi connectivity index (χ0) is 13.8. The maximum atomic E-state index is 13.3. The Hall–Kier alpha value is -0.930. The maximum absolute atomic E-state index is 13.3. The third-order valence-corrected chi connectivity index (χ3v) is 4.37. The molecule has 3 heteroatoms. The summed E-state index contributed by atoms with van der Waals surface area (Å²) in [5.74, 6) is 0.328. The summed E-state index contributed by atoms with van der Waals surface area (Å²) < 4.78 is 13.3. The Kier molecular flexibility index (Phi) is 4.94. The van der Waals surface area contributed by atoms with Gasteiger partial charge in [0.25, 0.3) is 0 Å². The van der Waals surface area contributed by atoms with Crippen LogP contribution in [0.5, 0.6) is 0 Å². The summed E-state index contributed by atoms with van der Waals surface area (Å²) in [5.41, 5.74) is 8.29. The van der Waals surface area contributed by atoms with Gasteiger partial charge in [-0.2, -0.15) is 0 Å². The number of rotatable bonds is 3. The smallest absolute Gasteiger partial charge is 0.123 e. The maximum Gasteiger partial charge on any atom is 0.123 e. The van der Waals surface area contributed by atoms with Crippen LogP contribution in [0.25, 0.3) is 0 Å². The second kappa shape index (κ2) is 6.49. The second-order valence-corrected chi connectivity index (χ2v) is 5.57. The van der Waals surface area contributed by atoms with Gasteiger partial charge in [-0.25, -0.2) is 4.39 Å². The van der Waals surface area contributed by atoms with Gasteiger partial charge < -0.3 is 5.73 Å². The highest BCUT2D eigenvalue weighted by Gasteiger charge is 2.30. The molecule has 2 N–H and O–H groups in total. The quantitative estimate of drug-likeness (QED) is 0.908. The number of aryl methyl sites for hydroxylation is 1. The van der Waals surface area contributed by atoms with Crippen LogP contribution in [0.4, 0.5) is 4.39 Å². The van der Waals surface area contributed by atoms with E-state index < -0.39 is 0 Å².